The first-order chi connectivity index (χ1) is 8.89. The maximum Gasteiger partial charge on any atom is 0.272 e. The number of aromatic nitrogens is 1. The number of carbonyl (C=O) groups excluding carboxylic acids is 1. The lowest BCUT2D eigenvalue weighted by Gasteiger charge is -2.38. The zero-order chi connectivity index (χ0) is 14.0. The smallest absolute Gasteiger partial charge is 0.272 e. The van der Waals surface area contributed by atoms with Crippen molar-refractivity contribution in [2.75, 3.05) is 12.8 Å². The quantitative estimate of drug-likeness (QED) is 0.912. The van der Waals surface area contributed by atoms with Gasteiger partial charge in [0.15, 0.2) is 0 Å². The molecule has 0 atom stereocenters. The molecule has 20 heavy (non-hydrogen) atoms. The highest BCUT2D eigenvalue weighted by atomic mass is 35.5. The number of rotatable bonds is 2. The van der Waals surface area contributed by atoms with Gasteiger partial charge in [-0.1, -0.05) is 19.9 Å². The van der Waals surface area contributed by atoms with Crippen LogP contribution in [0.4, 0.5) is 5.82 Å². The molecule has 0 unspecified atom stereocenters. The summed E-state index contributed by atoms with van der Waals surface area (Å²) in [6, 6.07) is 5.51. The average Bonchev–Trinajstić information content (AvgIpc) is 2.37. The van der Waals surface area contributed by atoms with E-state index in [1.54, 1.807) is 18.2 Å². The van der Waals surface area contributed by atoms with Crippen LogP contribution in [-0.4, -0.2) is 28.9 Å². The topological polar surface area (TPSA) is 59.2 Å². The molecule has 0 aromatic carbocycles. The zero-order valence-electron chi connectivity index (χ0n) is 12.4. The van der Waals surface area contributed by atoms with Crippen molar-refractivity contribution in [2.45, 2.75) is 45.6 Å². The minimum Gasteiger partial charge on any atom is -0.384 e. The van der Waals surface area contributed by atoms with Crippen LogP contribution >= 0.6 is 12.4 Å². The summed E-state index contributed by atoms with van der Waals surface area (Å²) in [5.41, 5.74) is 6.48. The molecule has 4 nitrogen and oxygen atoms in total. The highest BCUT2D eigenvalue weighted by Crippen LogP contribution is 2.36. The molecule has 1 fully saturated rings. The van der Waals surface area contributed by atoms with Gasteiger partial charge in [0.25, 0.3) is 5.91 Å². The first-order valence-corrected chi connectivity index (χ1v) is 6.89. The van der Waals surface area contributed by atoms with E-state index in [1.807, 2.05) is 11.9 Å². The monoisotopic (exact) mass is 297 g/mol. The molecule has 1 aromatic heterocycles. The predicted molar refractivity (Wildman–Crippen MR) is 84.0 cm³/mol. The molecule has 112 valence electrons. The van der Waals surface area contributed by atoms with E-state index in [4.69, 9.17) is 5.73 Å². The Morgan fingerprint density at radius 1 is 1.35 bits per heavy atom. The number of nitrogen functional groups attached to an aromatic ring is 1. The zero-order valence-corrected chi connectivity index (χ0v) is 13.2. The predicted octanol–water partition coefficient (Wildman–Crippen LogP) is 3.13. The molecular formula is C15H24ClN3O. The van der Waals surface area contributed by atoms with Crippen molar-refractivity contribution in [1.82, 2.24) is 9.88 Å². The Morgan fingerprint density at radius 3 is 2.50 bits per heavy atom. The summed E-state index contributed by atoms with van der Waals surface area (Å²) in [6.45, 7) is 4.59. The number of hydrogen-bond acceptors (Lipinski definition) is 3. The second-order valence-electron chi connectivity index (χ2n) is 6.26. The summed E-state index contributed by atoms with van der Waals surface area (Å²) in [5, 5.41) is 0. The normalized spacial score (nSPS) is 18.1. The highest BCUT2D eigenvalue weighted by Gasteiger charge is 2.31. The van der Waals surface area contributed by atoms with Crippen LogP contribution in [0, 0.1) is 5.41 Å². The van der Waals surface area contributed by atoms with Gasteiger partial charge < -0.3 is 10.6 Å². The van der Waals surface area contributed by atoms with Gasteiger partial charge in [-0.15, -0.1) is 12.4 Å². The largest absolute Gasteiger partial charge is 0.384 e. The van der Waals surface area contributed by atoms with Gasteiger partial charge in [0.05, 0.1) is 0 Å². The van der Waals surface area contributed by atoms with E-state index in [9.17, 15) is 4.79 Å². The lowest BCUT2D eigenvalue weighted by molar-refractivity contribution is 0.0630. The van der Waals surface area contributed by atoms with Crippen LogP contribution in [0.1, 0.15) is 50.0 Å². The molecule has 0 saturated heterocycles. The van der Waals surface area contributed by atoms with Crippen molar-refractivity contribution >= 4 is 24.1 Å². The molecule has 1 saturated carbocycles. The molecule has 2 rings (SSSR count). The van der Waals surface area contributed by atoms with Gasteiger partial charge in [-0.3, -0.25) is 4.79 Å². The number of amides is 1. The summed E-state index contributed by atoms with van der Waals surface area (Å²) in [6.07, 6.45) is 4.47. The molecule has 2 N–H and O–H groups in total. The van der Waals surface area contributed by atoms with Crippen LogP contribution in [0.2, 0.25) is 0 Å². The van der Waals surface area contributed by atoms with Crippen LogP contribution < -0.4 is 5.73 Å². The number of halogens is 1. The molecule has 1 aliphatic rings. The number of nitrogens with two attached hydrogens (primary N) is 1. The average molecular weight is 298 g/mol. The number of nitrogens with zero attached hydrogens (tertiary/aromatic N) is 2. The summed E-state index contributed by atoms with van der Waals surface area (Å²) in [4.78, 5) is 18.3. The van der Waals surface area contributed by atoms with E-state index in [1.165, 1.54) is 12.8 Å². The minimum absolute atomic E-state index is 0. The van der Waals surface area contributed by atoms with Gasteiger partial charge in [-0.2, -0.15) is 0 Å². The van der Waals surface area contributed by atoms with Crippen molar-refractivity contribution in [3.63, 3.8) is 0 Å². The molecule has 1 aliphatic carbocycles. The Hall–Kier alpha value is -1.29. The lowest BCUT2D eigenvalue weighted by atomic mass is 9.75. The van der Waals surface area contributed by atoms with Crippen molar-refractivity contribution in [2.24, 2.45) is 5.41 Å². The Labute approximate surface area is 127 Å². The fourth-order valence-corrected chi connectivity index (χ4v) is 2.69. The Morgan fingerprint density at radius 2 is 1.95 bits per heavy atom. The maximum absolute atomic E-state index is 12.4. The summed E-state index contributed by atoms with van der Waals surface area (Å²) in [5.74, 6) is 0.362. The Balaban J connectivity index is 0.00000200. The Bertz CT molecular complexity index is 466. The highest BCUT2D eigenvalue weighted by molar-refractivity contribution is 5.92. The van der Waals surface area contributed by atoms with Crippen molar-refractivity contribution < 1.29 is 4.79 Å². The Kier molecular flexibility index (Phi) is 5.40. The van der Waals surface area contributed by atoms with Crippen LogP contribution in [0.15, 0.2) is 18.2 Å². The number of anilines is 1. The summed E-state index contributed by atoms with van der Waals surface area (Å²) >= 11 is 0. The van der Waals surface area contributed by atoms with Crippen molar-refractivity contribution in [3.8, 4) is 0 Å². The third kappa shape index (κ3) is 3.85. The summed E-state index contributed by atoms with van der Waals surface area (Å²) < 4.78 is 0. The van der Waals surface area contributed by atoms with Gasteiger partial charge in [-0.05, 0) is 43.2 Å². The van der Waals surface area contributed by atoms with Gasteiger partial charge in [-0.25, -0.2) is 4.98 Å². The van der Waals surface area contributed by atoms with E-state index in [0.717, 1.165) is 12.8 Å². The van der Waals surface area contributed by atoms with Gasteiger partial charge >= 0.3 is 0 Å². The molecule has 1 aromatic rings. The molecule has 0 aliphatic heterocycles. The van der Waals surface area contributed by atoms with Gasteiger partial charge in [0, 0.05) is 13.1 Å². The lowest BCUT2D eigenvalue weighted by Crippen LogP contribution is -2.41. The molecule has 0 spiro atoms. The SMILES string of the molecule is CN(C(=O)c1cccc(N)n1)C1CCC(C)(C)CC1.Cl. The molecule has 5 heteroatoms. The van der Waals surface area contributed by atoms with E-state index in [-0.39, 0.29) is 18.3 Å². The third-order valence-electron chi connectivity index (χ3n) is 4.17. The van der Waals surface area contributed by atoms with E-state index in [2.05, 4.69) is 18.8 Å². The number of hydrogen-bond donors (Lipinski definition) is 1. The van der Waals surface area contributed by atoms with E-state index < -0.39 is 0 Å². The minimum atomic E-state index is -0.0305. The fraction of sp³-hybridized carbons (Fsp3) is 0.600. The molecule has 0 radical (unpaired) electrons. The fourth-order valence-electron chi connectivity index (χ4n) is 2.69. The van der Waals surface area contributed by atoms with Crippen LogP contribution in [0.5, 0.6) is 0 Å². The van der Waals surface area contributed by atoms with E-state index in [0.29, 0.717) is 23.0 Å². The van der Waals surface area contributed by atoms with Crippen molar-refractivity contribution in [3.05, 3.63) is 23.9 Å². The van der Waals surface area contributed by atoms with Crippen LogP contribution in [0.25, 0.3) is 0 Å². The first-order valence-electron chi connectivity index (χ1n) is 6.89. The second kappa shape index (κ2) is 6.44. The third-order valence-corrected chi connectivity index (χ3v) is 4.17. The second-order valence-corrected chi connectivity index (χ2v) is 6.26. The van der Waals surface area contributed by atoms with Crippen LogP contribution in [0.3, 0.4) is 0 Å². The van der Waals surface area contributed by atoms with Gasteiger partial charge in [0.2, 0.25) is 0 Å². The molecule has 0 bridgehead atoms. The summed E-state index contributed by atoms with van der Waals surface area (Å²) in [7, 11) is 1.87. The first kappa shape index (κ1) is 16.8. The van der Waals surface area contributed by atoms with E-state index >= 15 is 0 Å². The maximum atomic E-state index is 12.4. The molecule has 1 heterocycles. The van der Waals surface area contributed by atoms with Crippen LogP contribution in [-0.2, 0) is 0 Å². The van der Waals surface area contributed by atoms with Gasteiger partial charge in [0.1, 0.15) is 11.5 Å². The van der Waals surface area contributed by atoms with Crippen molar-refractivity contribution in [1.29, 1.82) is 0 Å². The standard InChI is InChI=1S/C15H23N3O.ClH/c1-15(2)9-7-11(8-10-15)18(3)14(19)12-5-4-6-13(16)17-12;/h4-6,11H,7-10H2,1-3H3,(H2,16,17);1H. The number of pyridine rings is 1. The molecule has 1 amide bonds. The number of carbonyl (C=O) groups is 1. The molecular weight excluding hydrogens is 274 g/mol.